The van der Waals surface area contributed by atoms with E-state index in [1.807, 2.05) is 29.2 Å². The van der Waals surface area contributed by atoms with E-state index in [4.69, 9.17) is 4.74 Å². The number of hydrogen-bond donors (Lipinski definition) is 2. The number of carbonyl (C=O) groups excluding carboxylic acids is 1. The second-order valence-electron chi connectivity index (χ2n) is 9.76. The van der Waals surface area contributed by atoms with Crippen LogP contribution < -0.4 is 10.1 Å². The van der Waals surface area contributed by atoms with E-state index < -0.39 is 12.1 Å². The fraction of sp³-hybridized carbons (Fsp3) is 0.500. The highest BCUT2D eigenvalue weighted by molar-refractivity contribution is 5.85. The normalized spacial score (nSPS) is 18.5. The van der Waals surface area contributed by atoms with Crippen LogP contribution in [-0.2, 0) is 17.8 Å². The lowest BCUT2D eigenvalue weighted by atomic mass is 9.88. The number of rotatable bonds is 9. The zero-order chi connectivity index (χ0) is 25.3. The van der Waals surface area contributed by atoms with Crippen LogP contribution in [0.4, 0.5) is 4.79 Å². The van der Waals surface area contributed by atoms with E-state index in [-0.39, 0.29) is 11.8 Å². The Labute approximate surface area is 213 Å². The Hall–Kier alpha value is -3.10. The van der Waals surface area contributed by atoms with Crippen LogP contribution in [-0.4, -0.2) is 90.8 Å². The maximum atomic E-state index is 13.4. The maximum Gasteiger partial charge on any atom is 0.405 e. The number of likely N-dealkylation sites (tertiary alicyclic amines) is 1. The number of benzene rings is 2. The predicted octanol–water partition coefficient (Wildman–Crippen LogP) is 2.93. The standard InChI is InChI=1S/C28H38N4O4/c1-36-25-10-6-5-9-24(25)21-31-17-19-32(20-18-31)27(33)26(29-28(34)35)23-12-15-30(16-13-23)14-11-22-7-3-2-4-8-22/h2-10,23,26,29H,11-21H2,1H3,(H,34,35). The maximum absolute atomic E-state index is 13.4. The summed E-state index contributed by atoms with van der Waals surface area (Å²) >= 11 is 0. The quantitative estimate of drug-likeness (QED) is 0.558. The molecule has 8 nitrogen and oxygen atoms in total. The predicted molar refractivity (Wildman–Crippen MR) is 139 cm³/mol. The minimum absolute atomic E-state index is 0.0215. The molecule has 2 aromatic rings. The summed E-state index contributed by atoms with van der Waals surface area (Å²) in [6.45, 7) is 6.22. The molecule has 2 saturated heterocycles. The van der Waals surface area contributed by atoms with Crippen LogP contribution in [0.25, 0.3) is 0 Å². The van der Waals surface area contributed by atoms with Crippen molar-refractivity contribution in [1.29, 1.82) is 0 Å². The van der Waals surface area contributed by atoms with Crippen molar-refractivity contribution in [3.05, 3.63) is 65.7 Å². The summed E-state index contributed by atoms with van der Waals surface area (Å²) in [4.78, 5) is 31.6. The fourth-order valence-electron chi connectivity index (χ4n) is 5.35. The van der Waals surface area contributed by atoms with Crippen molar-refractivity contribution < 1.29 is 19.4 Å². The van der Waals surface area contributed by atoms with Gasteiger partial charge in [-0.3, -0.25) is 9.69 Å². The molecule has 36 heavy (non-hydrogen) atoms. The zero-order valence-electron chi connectivity index (χ0n) is 21.1. The monoisotopic (exact) mass is 494 g/mol. The molecule has 0 spiro atoms. The van der Waals surface area contributed by atoms with Crippen molar-refractivity contribution in [1.82, 2.24) is 20.0 Å². The van der Waals surface area contributed by atoms with Crippen molar-refractivity contribution in [2.24, 2.45) is 5.92 Å². The van der Waals surface area contributed by atoms with E-state index in [9.17, 15) is 14.7 Å². The molecule has 2 aliphatic heterocycles. The Morgan fingerprint density at radius 2 is 1.61 bits per heavy atom. The number of hydrogen-bond acceptors (Lipinski definition) is 5. The second-order valence-corrected chi connectivity index (χ2v) is 9.76. The van der Waals surface area contributed by atoms with Gasteiger partial charge < -0.3 is 25.0 Å². The minimum Gasteiger partial charge on any atom is -0.496 e. The first-order chi connectivity index (χ1) is 17.5. The molecule has 0 bridgehead atoms. The first kappa shape index (κ1) is 26.0. The molecule has 0 aliphatic carbocycles. The van der Waals surface area contributed by atoms with Crippen molar-refractivity contribution in [2.75, 3.05) is 52.9 Å². The van der Waals surface area contributed by atoms with Gasteiger partial charge in [0.15, 0.2) is 0 Å². The van der Waals surface area contributed by atoms with Gasteiger partial charge in [-0.05, 0) is 49.9 Å². The van der Waals surface area contributed by atoms with E-state index >= 15 is 0 Å². The number of amides is 2. The highest BCUT2D eigenvalue weighted by Crippen LogP contribution is 2.24. The summed E-state index contributed by atoms with van der Waals surface area (Å²) in [6.07, 6.45) is 1.51. The van der Waals surface area contributed by atoms with Crippen LogP contribution in [0.15, 0.2) is 54.6 Å². The van der Waals surface area contributed by atoms with Gasteiger partial charge in [0.1, 0.15) is 11.8 Å². The summed E-state index contributed by atoms with van der Waals surface area (Å²) in [5.41, 5.74) is 2.45. The lowest BCUT2D eigenvalue weighted by molar-refractivity contribution is -0.137. The zero-order valence-corrected chi connectivity index (χ0v) is 21.1. The first-order valence-corrected chi connectivity index (χ1v) is 12.9. The van der Waals surface area contributed by atoms with E-state index in [0.717, 1.165) is 69.8 Å². The third-order valence-corrected chi connectivity index (χ3v) is 7.48. The lowest BCUT2D eigenvalue weighted by Crippen LogP contribution is -2.57. The Balaban J connectivity index is 1.28. The minimum atomic E-state index is -1.13. The molecule has 2 aliphatic rings. The molecule has 0 saturated carbocycles. The third-order valence-electron chi connectivity index (χ3n) is 7.48. The number of para-hydroxylation sites is 1. The fourth-order valence-corrected chi connectivity index (χ4v) is 5.35. The number of piperidine rings is 1. The molecule has 1 atom stereocenters. The Bertz CT molecular complexity index is 986. The van der Waals surface area contributed by atoms with Crippen molar-refractivity contribution in [3.8, 4) is 5.75 Å². The van der Waals surface area contributed by atoms with Gasteiger partial charge in [-0.25, -0.2) is 4.79 Å². The van der Waals surface area contributed by atoms with Gasteiger partial charge in [0.05, 0.1) is 7.11 Å². The summed E-state index contributed by atoms with van der Waals surface area (Å²) in [7, 11) is 1.68. The molecule has 0 radical (unpaired) electrons. The molecule has 8 heteroatoms. The molecule has 2 N–H and O–H groups in total. The molecule has 1 unspecified atom stereocenters. The topological polar surface area (TPSA) is 85.3 Å². The van der Waals surface area contributed by atoms with Gasteiger partial charge in [-0.1, -0.05) is 48.5 Å². The molecule has 194 valence electrons. The van der Waals surface area contributed by atoms with Crippen molar-refractivity contribution in [2.45, 2.75) is 31.8 Å². The Kier molecular flexibility index (Phi) is 9.19. The summed E-state index contributed by atoms with van der Waals surface area (Å²) < 4.78 is 5.47. The third kappa shape index (κ3) is 6.98. The highest BCUT2D eigenvalue weighted by Gasteiger charge is 2.36. The van der Waals surface area contributed by atoms with Crippen molar-refractivity contribution in [3.63, 3.8) is 0 Å². The number of carboxylic acid groups (broad SMARTS) is 1. The number of piperazine rings is 1. The Morgan fingerprint density at radius 3 is 2.28 bits per heavy atom. The number of nitrogens with one attached hydrogen (secondary N) is 1. The molecule has 2 aromatic carbocycles. The highest BCUT2D eigenvalue weighted by atomic mass is 16.5. The van der Waals surface area contributed by atoms with Gasteiger partial charge in [-0.15, -0.1) is 0 Å². The summed E-state index contributed by atoms with van der Waals surface area (Å²) in [5.74, 6) is 0.808. The van der Waals surface area contributed by atoms with E-state index in [1.54, 1.807) is 7.11 Å². The molecular weight excluding hydrogens is 456 g/mol. The molecule has 4 rings (SSSR count). The number of nitrogens with zero attached hydrogens (tertiary/aromatic N) is 3. The second kappa shape index (κ2) is 12.7. The number of carbonyl (C=O) groups is 2. The van der Waals surface area contributed by atoms with Gasteiger partial charge in [0.2, 0.25) is 5.91 Å². The van der Waals surface area contributed by atoms with Crippen LogP contribution in [0.2, 0.25) is 0 Å². The lowest BCUT2D eigenvalue weighted by Gasteiger charge is -2.40. The average Bonchev–Trinajstić information content (AvgIpc) is 2.92. The van der Waals surface area contributed by atoms with Crippen LogP contribution in [0.5, 0.6) is 5.75 Å². The summed E-state index contributed by atoms with van der Waals surface area (Å²) in [5, 5.41) is 12.0. The molecule has 0 aromatic heterocycles. The largest absolute Gasteiger partial charge is 0.496 e. The smallest absolute Gasteiger partial charge is 0.405 e. The molecular formula is C28H38N4O4. The van der Waals surface area contributed by atoms with Gasteiger partial charge in [0.25, 0.3) is 0 Å². The molecule has 2 heterocycles. The first-order valence-electron chi connectivity index (χ1n) is 12.9. The van der Waals surface area contributed by atoms with Gasteiger partial charge in [-0.2, -0.15) is 0 Å². The van der Waals surface area contributed by atoms with Crippen LogP contribution in [0.3, 0.4) is 0 Å². The van der Waals surface area contributed by atoms with E-state index in [0.29, 0.717) is 13.1 Å². The van der Waals surface area contributed by atoms with Crippen LogP contribution in [0.1, 0.15) is 24.0 Å². The van der Waals surface area contributed by atoms with Crippen LogP contribution >= 0.6 is 0 Å². The van der Waals surface area contributed by atoms with Gasteiger partial charge in [0, 0.05) is 44.8 Å². The Morgan fingerprint density at radius 1 is 0.944 bits per heavy atom. The van der Waals surface area contributed by atoms with E-state index in [1.165, 1.54) is 5.56 Å². The van der Waals surface area contributed by atoms with Crippen LogP contribution in [0, 0.1) is 5.92 Å². The van der Waals surface area contributed by atoms with Gasteiger partial charge >= 0.3 is 6.09 Å². The molecule has 2 amide bonds. The molecule has 2 fully saturated rings. The average molecular weight is 495 g/mol. The number of methoxy groups -OCH3 is 1. The summed E-state index contributed by atoms with van der Waals surface area (Å²) in [6, 6.07) is 17.8. The van der Waals surface area contributed by atoms with E-state index in [2.05, 4.69) is 45.4 Å². The SMILES string of the molecule is COc1ccccc1CN1CCN(C(=O)C(NC(=O)O)C2CCN(CCc3ccccc3)CC2)CC1. The number of ether oxygens (including phenoxy) is 1. The van der Waals surface area contributed by atoms with Crippen molar-refractivity contribution >= 4 is 12.0 Å².